The Kier molecular flexibility index (Phi) is 5.58. The molecule has 2 heterocycles. The van der Waals surface area contributed by atoms with E-state index in [2.05, 4.69) is 12.1 Å². The van der Waals surface area contributed by atoms with Crippen molar-refractivity contribution in [2.45, 2.75) is 37.2 Å². The molecular weight excluding hydrogens is 370 g/mol. The van der Waals surface area contributed by atoms with Crippen LogP contribution in [0.1, 0.15) is 25.5 Å². The monoisotopic (exact) mass is 391 g/mol. The number of benzene rings is 2. The molecule has 142 valence electrons. The predicted molar refractivity (Wildman–Crippen MR) is 112 cm³/mol. The molecule has 0 fully saturated rings. The van der Waals surface area contributed by atoms with Crippen LogP contribution >= 0.6 is 11.8 Å². The Bertz CT molecular complexity index is 1140. The van der Waals surface area contributed by atoms with Gasteiger partial charge in [-0.3, -0.25) is 9.36 Å². The Labute approximate surface area is 167 Å². The van der Waals surface area contributed by atoms with Crippen LogP contribution in [0.2, 0.25) is 0 Å². The Hall–Kier alpha value is -2.86. The topological polar surface area (TPSA) is 60.9 Å². The van der Waals surface area contributed by atoms with Gasteiger partial charge in [-0.15, -0.1) is 0 Å². The lowest BCUT2D eigenvalue weighted by Gasteiger charge is -2.12. The van der Waals surface area contributed by atoms with Crippen LogP contribution in [0, 0.1) is 0 Å². The molecule has 5 nitrogen and oxygen atoms in total. The van der Waals surface area contributed by atoms with E-state index >= 15 is 0 Å². The minimum Gasteiger partial charge on any atom is -0.356 e. The molecule has 0 aliphatic carbocycles. The zero-order chi connectivity index (χ0) is 19.3. The van der Waals surface area contributed by atoms with Gasteiger partial charge in [-0.25, -0.2) is 4.98 Å². The van der Waals surface area contributed by atoms with Crippen LogP contribution in [-0.4, -0.2) is 14.7 Å². The van der Waals surface area contributed by atoms with Crippen molar-refractivity contribution >= 4 is 22.7 Å². The van der Waals surface area contributed by atoms with Crippen molar-refractivity contribution in [1.29, 1.82) is 0 Å². The van der Waals surface area contributed by atoms with Gasteiger partial charge >= 0.3 is 0 Å². The zero-order valence-corrected chi connectivity index (χ0v) is 16.5. The van der Waals surface area contributed by atoms with Gasteiger partial charge in [0.2, 0.25) is 0 Å². The molecule has 0 spiro atoms. The first-order valence-electron chi connectivity index (χ1n) is 9.39. The first kappa shape index (κ1) is 18.5. The van der Waals surface area contributed by atoms with E-state index in [0.717, 1.165) is 40.5 Å². The third kappa shape index (κ3) is 3.87. The van der Waals surface area contributed by atoms with E-state index in [4.69, 9.17) is 9.51 Å². The number of fused-ring (bicyclic) bond motifs is 1. The van der Waals surface area contributed by atoms with Crippen LogP contribution in [0.4, 0.5) is 0 Å². The van der Waals surface area contributed by atoms with Gasteiger partial charge in [0, 0.05) is 23.9 Å². The van der Waals surface area contributed by atoms with Gasteiger partial charge in [-0.1, -0.05) is 72.7 Å². The number of para-hydroxylation sites is 1. The lowest BCUT2D eigenvalue weighted by molar-refractivity contribution is 0.426. The fraction of sp³-hybridized carbons (Fsp3) is 0.227. The van der Waals surface area contributed by atoms with Crippen LogP contribution in [0.5, 0.6) is 0 Å². The van der Waals surface area contributed by atoms with Gasteiger partial charge in [-0.2, -0.15) is 0 Å². The van der Waals surface area contributed by atoms with Crippen LogP contribution in [0.25, 0.3) is 22.2 Å². The fourth-order valence-electron chi connectivity index (χ4n) is 3.03. The summed E-state index contributed by atoms with van der Waals surface area (Å²) in [6.07, 6.45) is 1.96. The van der Waals surface area contributed by atoms with Gasteiger partial charge in [0.25, 0.3) is 5.56 Å². The molecule has 0 aliphatic heterocycles. The molecular formula is C22H21N3O2S. The summed E-state index contributed by atoms with van der Waals surface area (Å²) < 4.78 is 7.26. The van der Waals surface area contributed by atoms with Crippen molar-refractivity contribution in [2.75, 3.05) is 0 Å². The van der Waals surface area contributed by atoms with Crippen molar-refractivity contribution in [3.8, 4) is 11.3 Å². The van der Waals surface area contributed by atoms with Gasteiger partial charge in [0.15, 0.2) is 10.9 Å². The third-order valence-electron chi connectivity index (χ3n) is 4.53. The number of thioether (sulfide) groups is 1. The van der Waals surface area contributed by atoms with Crippen molar-refractivity contribution < 1.29 is 4.52 Å². The second kappa shape index (κ2) is 8.44. The minimum absolute atomic E-state index is 0.0201. The summed E-state index contributed by atoms with van der Waals surface area (Å²) in [4.78, 5) is 17.7. The normalized spacial score (nSPS) is 11.2. The molecule has 0 amide bonds. The highest BCUT2D eigenvalue weighted by atomic mass is 32.2. The minimum atomic E-state index is 0.0201. The van der Waals surface area contributed by atoms with Crippen LogP contribution in [0.3, 0.4) is 0 Å². The molecule has 0 unspecified atom stereocenters. The van der Waals surface area contributed by atoms with Crippen LogP contribution in [0.15, 0.2) is 75.1 Å². The summed E-state index contributed by atoms with van der Waals surface area (Å²) in [5, 5.41) is 5.56. The number of rotatable bonds is 7. The van der Waals surface area contributed by atoms with E-state index in [1.54, 1.807) is 4.57 Å². The molecule has 28 heavy (non-hydrogen) atoms. The van der Waals surface area contributed by atoms with Crippen LogP contribution in [-0.2, 0) is 12.3 Å². The number of nitrogens with zero attached hydrogens (tertiary/aromatic N) is 3. The van der Waals surface area contributed by atoms with Gasteiger partial charge in [0.1, 0.15) is 0 Å². The average Bonchev–Trinajstić information content (AvgIpc) is 3.21. The van der Waals surface area contributed by atoms with E-state index in [1.165, 1.54) is 11.8 Å². The lowest BCUT2D eigenvalue weighted by atomic mass is 10.2. The molecule has 0 N–H and O–H groups in total. The SMILES string of the molecule is CCCCn1c(SCc2cc(-c3ccccc3)on2)nc2ccccc2c1=O. The molecule has 6 heteroatoms. The first-order valence-corrected chi connectivity index (χ1v) is 10.4. The van der Waals surface area contributed by atoms with Crippen molar-refractivity contribution in [1.82, 2.24) is 14.7 Å². The highest BCUT2D eigenvalue weighted by molar-refractivity contribution is 7.98. The van der Waals surface area contributed by atoms with Crippen molar-refractivity contribution in [3.63, 3.8) is 0 Å². The maximum absolute atomic E-state index is 12.9. The summed E-state index contributed by atoms with van der Waals surface area (Å²) in [7, 11) is 0. The number of unbranched alkanes of at least 4 members (excludes halogenated alkanes) is 1. The summed E-state index contributed by atoms with van der Waals surface area (Å²) in [5.74, 6) is 1.33. The van der Waals surface area contributed by atoms with Crippen molar-refractivity contribution in [3.05, 3.63) is 76.7 Å². The molecule has 4 rings (SSSR count). The Balaban J connectivity index is 1.60. The highest BCUT2D eigenvalue weighted by Gasteiger charge is 2.13. The van der Waals surface area contributed by atoms with E-state index in [9.17, 15) is 4.79 Å². The molecule has 0 radical (unpaired) electrons. The quantitative estimate of drug-likeness (QED) is 0.322. The van der Waals surface area contributed by atoms with E-state index in [0.29, 0.717) is 17.7 Å². The summed E-state index contributed by atoms with van der Waals surface area (Å²) in [5.41, 5.74) is 2.57. The molecule has 0 atom stereocenters. The number of aromatic nitrogens is 3. The molecule has 0 saturated carbocycles. The first-order chi connectivity index (χ1) is 13.8. The molecule has 4 aromatic rings. The Morgan fingerprint density at radius 2 is 1.86 bits per heavy atom. The Morgan fingerprint density at radius 3 is 2.68 bits per heavy atom. The standard InChI is InChI=1S/C22H21N3O2S/c1-2-3-13-25-21(26)18-11-7-8-12-19(18)23-22(25)28-15-17-14-20(27-24-17)16-9-5-4-6-10-16/h4-12,14H,2-3,13,15H2,1H3. The second-order valence-corrected chi connectivity index (χ2v) is 7.50. The predicted octanol–water partition coefficient (Wildman–Crippen LogP) is 5.14. The highest BCUT2D eigenvalue weighted by Crippen LogP contribution is 2.25. The van der Waals surface area contributed by atoms with E-state index in [-0.39, 0.29) is 5.56 Å². The van der Waals surface area contributed by atoms with Gasteiger partial charge < -0.3 is 4.52 Å². The largest absolute Gasteiger partial charge is 0.356 e. The smallest absolute Gasteiger partial charge is 0.262 e. The Morgan fingerprint density at radius 1 is 1.07 bits per heavy atom. The second-order valence-electron chi connectivity index (χ2n) is 6.56. The van der Waals surface area contributed by atoms with Crippen LogP contribution < -0.4 is 5.56 Å². The third-order valence-corrected chi connectivity index (χ3v) is 5.54. The summed E-state index contributed by atoms with van der Waals surface area (Å²) in [6.45, 7) is 2.79. The lowest BCUT2D eigenvalue weighted by Crippen LogP contribution is -2.23. The van der Waals surface area contributed by atoms with E-state index in [1.807, 2.05) is 60.7 Å². The van der Waals surface area contributed by atoms with Crippen molar-refractivity contribution in [2.24, 2.45) is 0 Å². The zero-order valence-electron chi connectivity index (χ0n) is 15.7. The molecule has 2 aromatic carbocycles. The summed E-state index contributed by atoms with van der Waals surface area (Å²) in [6, 6.07) is 19.3. The molecule has 0 bridgehead atoms. The summed E-state index contributed by atoms with van der Waals surface area (Å²) >= 11 is 1.52. The fourth-order valence-corrected chi connectivity index (χ4v) is 3.93. The molecule has 0 aliphatic rings. The number of hydrogen-bond acceptors (Lipinski definition) is 5. The maximum Gasteiger partial charge on any atom is 0.262 e. The average molecular weight is 391 g/mol. The van der Waals surface area contributed by atoms with Gasteiger partial charge in [-0.05, 0) is 18.6 Å². The number of hydrogen-bond donors (Lipinski definition) is 0. The van der Waals surface area contributed by atoms with E-state index < -0.39 is 0 Å². The molecule has 0 saturated heterocycles. The van der Waals surface area contributed by atoms with Gasteiger partial charge in [0.05, 0.1) is 16.6 Å². The maximum atomic E-state index is 12.9. The molecule has 2 aromatic heterocycles.